The van der Waals surface area contributed by atoms with E-state index in [2.05, 4.69) is 36.1 Å². The van der Waals surface area contributed by atoms with Crippen LogP contribution in [0.5, 0.6) is 0 Å². The molecule has 0 unspecified atom stereocenters. The van der Waals surface area contributed by atoms with Gasteiger partial charge in [-0.05, 0) is 44.7 Å². The van der Waals surface area contributed by atoms with E-state index in [4.69, 9.17) is 0 Å². The topological polar surface area (TPSA) is 37.4 Å². The Bertz CT molecular complexity index is 710. The van der Waals surface area contributed by atoms with Gasteiger partial charge in [-0.3, -0.25) is 9.59 Å². The highest BCUT2D eigenvalue weighted by Gasteiger charge is 2.36. The second-order valence-corrected chi connectivity index (χ2v) is 6.75. The molecule has 1 aromatic rings. The Morgan fingerprint density at radius 3 is 1.83 bits per heavy atom. The fraction of sp³-hybridized carbons (Fsp3) is 0.400. The molecule has 0 fully saturated rings. The van der Waals surface area contributed by atoms with Crippen LogP contribution in [0.3, 0.4) is 0 Å². The van der Waals surface area contributed by atoms with Gasteiger partial charge in [0, 0.05) is 47.5 Å². The van der Waals surface area contributed by atoms with Crippen molar-refractivity contribution in [2.75, 3.05) is 4.90 Å². The van der Waals surface area contributed by atoms with Crippen molar-refractivity contribution < 1.29 is 9.59 Å². The average molecular weight is 307 g/mol. The third-order valence-electron chi connectivity index (χ3n) is 5.19. The number of benzene rings is 1. The SMILES string of the molecule is Cc1ccc(N2C3=C(CC4=C2CCCC4=O)C(=O)CCC3)cc1. The normalized spacial score (nSPS) is 21.5. The van der Waals surface area contributed by atoms with E-state index in [-0.39, 0.29) is 11.6 Å². The summed E-state index contributed by atoms with van der Waals surface area (Å²) in [5, 5.41) is 0. The standard InChI is InChI=1S/C20H21NO2/c1-13-8-10-14(11-9-13)21-17-4-2-6-19(22)15(17)12-16-18(21)5-3-7-20(16)23/h8-11H,2-7,12H2,1H3. The Morgan fingerprint density at radius 1 is 0.783 bits per heavy atom. The van der Waals surface area contributed by atoms with Gasteiger partial charge in [0.05, 0.1) is 0 Å². The van der Waals surface area contributed by atoms with Crippen LogP contribution >= 0.6 is 0 Å². The second kappa shape index (κ2) is 5.48. The number of anilines is 1. The summed E-state index contributed by atoms with van der Waals surface area (Å²) in [6, 6.07) is 8.40. The highest BCUT2D eigenvalue weighted by Crippen LogP contribution is 2.43. The van der Waals surface area contributed by atoms with Gasteiger partial charge in [0.15, 0.2) is 11.6 Å². The number of Topliss-reactive ketones (excluding diaryl/α,β-unsaturated/α-hetero) is 2. The molecule has 0 amide bonds. The zero-order valence-electron chi connectivity index (χ0n) is 13.5. The molecule has 3 nitrogen and oxygen atoms in total. The van der Waals surface area contributed by atoms with Crippen molar-refractivity contribution >= 4 is 17.3 Å². The van der Waals surface area contributed by atoms with Crippen LogP contribution in [0.25, 0.3) is 0 Å². The quantitative estimate of drug-likeness (QED) is 0.779. The Hall–Kier alpha value is -2.16. The van der Waals surface area contributed by atoms with Crippen LogP contribution in [-0.4, -0.2) is 11.6 Å². The molecule has 0 saturated carbocycles. The number of carbonyl (C=O) groups is 2. The van der Waals surface area contributed by atoms with Crippen LogP contribution in [-0.2, 0) is 9.59 Å². The number of aryl methyl sites for hydroxylation is 1. The molecule has 0 saturated heterocycles. The van der Waals surface area contributed by atoms with Crippen molar-refractivity contribution in [1.82, 2.24) is 0 Å². The van der Waals surface area contributed by atoms with E-state index in [1.165, 1.54) is 5.56 Å². The van der Waals surface area contributed by atoms with E-state index in [1.807, 2.05) is 0 Å². The number of allylic oxidation sites excluding steroid dienone is 4. The van der Waals surface area contributed by atoms with Crippen LogP contribution < -0.4 is 4.90 Å². The fourth-order valence-electron chi connectivity index (χ4n) is 4.00. The maximum atomic E-state index is 12.4. The number of carbonyl (C=O) groups excluding carboxylic acids is 2. The van der Waals surface area contributed by atoms with Gasteiger partial charge < -0.3 is 4.90 Å². The lowest BCUT2D eigenvalue weighted by molar-refractivity contribution is -0.116. The molecule has 1 heterocycles. The minimum Gasteiger partial charge on any atom is -0.317 e. The Labute approximate surface area is 136 Å². The van der Waals surface area contributed by atoms with Crippen molar-refractivity contribution in [1.29, 1.82) is 0 Å². The minimum atomic E-state index is 0.230. The van der Waals surface area contributed by atoms with E-state index in [1.54, 1.807) is 0 Å². The zero-order chi connectivity index (χ0) is 16.0. The summed E-state index contributed by atoms with van der Waals surface area (Å²) in [5.74, 6) is 0.460. The summed E-state index contributed by atoms with van der Waals surface area (Å²) >= 11 is 0. The molecule has 0 spiro atoms. The molecule has 3 heteroatoms. The van der Waals surface area contributed by atoms with Crippen LogP contribution in [0.2, 0.25) is 0 Å². The summed E-state index contributed by atoms with van der Waals surface area (Å²) in [4.78, 5) is 27.1. The molecule has 3 aliphatic rings. The molecule has 1 aromatic carbocycles. The van der Waals surface area contributed by atoms with Crippen LogP contribution in [0.15, 0.2) is 46.8 Å². The third-order valence-corrected chi connectivity index (χ3v) is 5.19. The molecule has 0 aromatic heterocycles. The zero-order valence-corrected chi connectivity index (χ0v) is 13.5. The molecule has 1 aliphatic heterocycles. The highest BCUT2D eigenvalue weighted by molar-refractivity contribution is 6.05. The van der Waals surface area contributed by atoms with E-state index >= 15 is 0 Å². The predicted molar refractivity (Wildman–Crippen MR) is 90.0 cm³/mol. The van der Waals surface area contributed by atoms with Crippen LogP contribution in [0.1, 0.15) is 50.5 Å². The van der Waals surface area contributed by atoms with Gasteiger partial charge in [-0.1, -0.05) is 17.7 Å². The van der Waals surface area contributed by atoms with Crippen LogP contribution in [0, 0.1) is 6.92 Å². The first-order chi connectivity index (χ1) is 11.1. The average Bonchev–Trinajstić information content (AvgIpc) is 2.55. The lowest BCUT2D eigenvalue weighted by Gasteiger charge is -2.40. The van der Waals surface area contributed by atoms with E-state index < -0.39 is 0 Å². The number of ketones is 2. The minimum absolute atomic E-state index is 0.230. The Morgan fingerprint density at radius 2 is 1.30 bits per heavy atom. The maximum Gasteiger partial charge on any atom is 0.160 e. The first-order valence-corrected chi connectivity index (χ1v) is 8.52. The number of nitrogens with zero attached hydrogens (tertiary/aromatic N) is 1. The molecular formula is C20H21NO2. The molecule has 2 aliphatic carbocycles. The second-order valence-electron chi connectivity index (χ2n) is 6.75. The van der Waals surface area contributed by atoms with E-state index in [0.717, 1.165) is 53.9 Å². The Balaban J connectivity index is 1.88. The van der Waals surface area contributed by atoms with E-state index in [9.17, 15) is 9.59 Å². The van der Waals surface area contributed by atoms with Crippen molar-refractivity contribution in [3.63, 3.8) is 0 Å². The van der Waals surface area contributed by atoms with Gasteiger partial charge in [0.2, 0.25) is 0 Å². The van der Waals surface area contributed by atoms with Crippen molar-refractivity contribution in [2.45, 2.75) is 51.9 Å². The molecular weight excluding hydrogens is 286 g/mol. The molecule has 0 N–H and O–H groups in total. The number of hydrogen-bond acceptors (Lipinski definition) is 3. The van der Waals surface area contributed by atoms with Gasteiger partial charge in [0.25, 0.3) is 0 Å². The molecule has 0 radical (unpaired) electrons. The lowest BCUT2D eigenvalue weighted by atomic mass is 9.80. The van der Waals surface area contributed by atoms with E-state index in [0.29, 0.717) is 19.3 Å². The Kier molecular flexibility index (Phi) is 3.44. The van der Waals surface area contributed by atoms with Crippen molar-refractivity contribution in [3.8, 4) is 0 Å². The molecule has 118 valence electrons. The first-order valence-electron chi connectivity index (χ1n) is 8.52. The first kappa shape index (κ1) is 14.4. The maximum absolute atomic E-state index is 12.4. The summed E-state index contributed by atoms with van der Waals surface area (Å²) in [6.07, 6.45) is 5.49. The van der Waals surface area contributed by atoms with Gasteiger partial charge in [-0.2, -0.15) is 0 Å². The predicted octanol–water partition coefficient (Wildman–Crippen LogP) is 4.22. The molecule has 0 bridgehead atoms. The van der Waals surface area contributed by atoms with Crippen molar-refractivity contribution in [3.05, 3.63) is 52.4 Å². The highest BCUT2D eigenvalue weighted by atomic mass is 16.1. The van der Waals surface area contributed by atoms with Crippen LogP contribution in [0.4, 0.5) is 5.69 Å². The molecule has 0 atom stereocenters. The lowest BCUT2D eigenvalue weighted by Crippen LogP contribution is -2.35. The smallest absolute Gasteiger partial charge is 0.160 e. The van der Waals surface area contributed by atoms with Gasteiger partial charge in [0.1, 0.15) is 0 Å². The fourth-order valence-corrected chi connectivity index (χ4v) is 4.00. The monoisotopic (exact) mass is 307 g/mol. The van der Waals surface area contributed by atoms with Gasteiger partial charge in [-0.15, -0.1) is 0 Å². The summed E-state index contributed by atoms with van der Waals surface area (Å²) < 4.78 is 0. The number of hydrogen-bond donors (Lipinski definition) is 0. The molecule has 23 heavy (non-hydrogen) atoms. The third kappa shape index (κ3) is 2.35. The van der Waals surface area contributed by atoms with Gasteiger partial charge in [-0.25, -0.2) is 0 Å². The summed E-state index contributed by atoms with van der Waals surface area (Å²) in [7, 11) is 0. The van der Waals surface area contributed by atoms with Crippen molar-refractivity contribution in [2.24, 2.45) is 0 Å². The summed E-state index contributed by atoms with van der Waals surface area (Å²) in [5.41, 5.74) is 6.34. The van der Waals surface area contributed by atoms with Gasteiger partial charge >= 0.3 is 0 Å². The largest absolute Gasteiger partial charge is 0.317 e. The summed E-state index contributed by atoms with van der Waals surface area (Å²) in [6.45, 7) is 2.07. The number of rotatable bonds is 1. The molecule has 4 rings (SSSR count).